The first-order valence-electron chi connectivity index (χ1n) is 7.51. The van der Waals surface area contributed by atoms with Crippen LogP contribution in [0.5, 0.6) is 5.88 Å². The lowest BCUT2D eigenvalue weighted by Gasteiger charge is -2.15. The molecule has 118 valence electrons. The maximum atomic E-state index is 12.2. The van der Waals surface area contributed by atoms with Gasteiger partial charge in [-0.1, -0.05) is 30.3 Å². The van der Waals surface area contributed by atoms with Gasteiger partial charge in [0, 0.05) is 35.8 Å². The Morgan fingerprint density at radius 3 is 2.83 bits per heavy atom. The highest BCUT2D eigenvalue weighted by molar-refractivity contribution is 9.10. The number of benzene rings is 1. The summed E-state index contributed by atoms with van der Waals surface area (Å²) < 4.78 is 6.74. The minimum absolute atomic E-state index is 0.00208. The SMILES string of the molecule is O=C(/C=C/c1ccccc1)N1CCC(Oc2ccc(Br)cn2)C1. The molecule has 23 heavy (non-hydrogen) atoms. The van der Waals surface area contributed by atoms with Crippen LogP contribution in [0.2, 0.25) is 0 Å². The molecule has 0 N–H and O–H groups in total. The quantitative estimate of drug-likeness (QED) is 0.770. The fourth-order valence-corrected chi connectivity index (χ4v) is 2.70. The smallest absolute Gasteiger partial charge is 0.246 e. The molecule has 4 nitrogen and oxygen atoms in total. The van der Waals surface area contributed by atoms with Gasteiger partial charge < -0.3 is 9.64 Å². The van der Waals surface area contributed by atoms with Gasteiger partial charge in [-0.15, -0.1) is 0 Å². The predicted octanol–water partition coefficient (Wildman–Crippen LogP) is 3.54. The van der Waals surface area contributed by atoms with Gasteiger partial charge in [0.05, 0.1) is 6.54 Å². The molecule has 1 aromatic heterocycles. The Hall–Kier alpha value is -2.14. The minimum atomic E-state index is -0.00208. The zero-order valence-corrected chi connectivity index (χ0v) is 14.1. The standard InChI is InChI=1S/C18H17BrN2O2/c19-15-7-8-17(20-12-15)23-16-10-11-21(13-16)18(22)9-6-14-4-2-1-3-5-14/h1-9,12,16H,10-11,13H2/b9-6+. The van der Waals surface area contributed by atoms with Gasteiger partial charge in [-0.25, -0.2) is 4.98 Å². The van der Waals surface area contributed by atoms with Crippen molar-refractivity contribution in [2.45, 2.75) is 12.5 Å². The number of rotatable bonds is 4. The van der Waals surface area contributed by atoms with Crippen molar-refractivity contribution < 1.29 is 9.53 Å². The van der Waals surface area contributed by atoms with Crippen LogP contribution in [0.25, 0.3) is 6.08 Å². The Morgan fingerprint density at radius 1 is 1.26 bits per heavy atom. The van der Waals surface area contributed by atoms with Crippen molar-refractivity contribution >= 4 is 27.9 Å². The van der Waals surface area contributed by atoms with E-state index in [1.807, 2.05) is 53.4 Å². The number of hydrogen-bond donors (Lipinski definition) is 0. The summed E-state index contributed by atoms with van der Waals surface area (Å²) in [6.45, 7) is 1.30. The van der Waals surface area contributed by atoms with E-state index >= 15 is 0 Å². The van der Waals surface area contributed by atoms with E-state index in [0.29, 0.717) is 19.0 Å². The van der Waals surface area contributed by atoms with E-state index in [2.05, 4.69) is 20.9 Å². The average Bonchev–Trinajstić information content (AvgIpc) is 3.04. The molecule has 1 aliphatic rings. The molecule has 0 bridgehead atoms. The van der Waals surface area contributed by atoms with Crippen molar-refractivity contribution in [1.29, 1.82) is 0 Å². The molecule has 1 atom stereocenters. The molecule has 2 aromatic rings. The number of carbonyl (C=O) groups is 1. The Kier molecular flexibility index (Phi) is 5.08. The molecule has 1 fully saturated rings. The lowest BCUT2D eigenvalue weighted by atomic mass is 10.2. The lowest BCUT2D eigenvalue weighted by Crippen LogP contribution is -2.29. The molecule has 1 amide bonds. The van der Waals surface area contributed by atoms with Crippen molar-refractivity contribution in [3.8, 4) is 5.88 Å². The van der Waals surface area contributed by atoms with Crippen molar-refractivity contribution in [2.24, 2.45) is 0 Å². The highest BCUT2D eigenvalue weighted by Crippen LogP contribution is 2.18. The third-order valence-electron chi connectivity index (χ3n) is 3.66. The number of carbonyl (C=O) groups excluding carboxylic acids is 1. The van der Waals surface area contributed by atoms with E-state index in [-0.39, 0.29) is 12.0 Å². The van der Waals surface area contributed by atoms with Gasteiger partial charge in [-0.2, -0.15) is 0 Å². The Balaban J connectivity index is 1.53. The summed E-state index contributed by atoms with van der Waals surface area (Å²) in [7, 11) is 0. The zero-order chi connectivity index (χ0) is 16.1. The van der Waals surface area contributed by atoms with E-state index < -0.39 is 0 Å². The first kappa shape index (κ1) is 15.7. The highest BCUT2D eigenvalue weighted by atomic mass is 79.9. The van der Waals surface area contributed by atoms with E-state index in [4.69, 9.17) is 4.74 Å². The summed E-state index contributed by atoms with van der Waals surface area (Å²) >= 11 is 3.34. The zero-order valence-electron chi connectivity index (χ0n) is 12.6. The van der Waals surface area contributed by atoms with Crippen LogP contribution >= 0.6 is 15.9 Å². The molecular weight excluding hydrogens is 356 g/mol. The van der Waals surface area contributed by atoms with Crippen LogP contribution in [-0.2, 0) is 4.79 Å². The molecule has 0 aliphatic carbocycles. The maximum absolute atomic E-state index is 12.2. The van der Waals surface area contributed by atoms with Crippen molar-refractivity contribution in [1.82, 2.24) is 9.88 Å². The summed E-state index contributed by atoms with van der Waals surface area (Å²) in [4.78, 5) is 18.2. The fraction of sp³-hybridized carbons (Fsp3) is 0.222. The van der Waals surface area contributed by atoms with Crippen LogP contribution in [0, 0.1) is 0 Å². The molecule has 0 spiro atoms. The minimum Gasteiger partial charge on any atom is -0.472 e. The monoisotopic (exact) mass is 372 g/mol. The topological polar surface area (TPSA) is 42.4 Å². The molecule has 1 unspecified atom stereocenters. The number of hydrogen-bond acceptors (Lipinski definition) is 3. The second-order valence-electron chi connectivity index (χ2n) is 5.37. The number of ether oxygens (including phenoxy) is 1. The molecule has 5 heteroatoms. The van der Waals surface area contributed by atoms with Crippen LogP contribution in [0.1, 0.15) is 12.0 Å². The molecule has 1 saturated heterocycles. The number of aromatic nitrogens is 1. The maximum Gasteiger partial charge on any atom is 0.246 e. The molecule has 0 radical (unpaired) electrons. The number of amides is 1. The van der Waals surface area contributed by atoms with Crippen LogP contribution in [0.15, 0.2) is 59.2 Å². The van der Waals surface area contributed by atoms with Crippen LogP contribution in [0.3, 0.4) is 0 Å². The van der Waals surface area contributed by atoms with Gasteiger partial charge in [0.15, 0.2) is 0 Å². The normalized spacial score (nSPS) is 17.6. The number of nitrogens with zero attached hydrogens (tertiary/aromatic N) is 2. The number of likely N-dealkylation sites (tertiary alicyclic amines) is 1. The Bertz CT molecular complexity index is 686. The summed E-state index contributed by atoms with van der Waals surface area (Å²) in [5.41, 5.74) is 1.02. The fourth-order valence-electron chi connectivity index (χ4n) is 2.46. The first-order chi connectivity index (χ1) is 11.2. The van der Waals surface area contributed by atoms with Crippen LogP contribution in [-0.4, -0.2) is 35.0 Å². The first-order valence-corrected chi connectivity index (χ1v) is 8.30. The molecule has 2 heterocycles. The van der Waals surface area contributed by atoms with Gasteiger partial charge in [-0.3, -0.25) is 4.79 Å². The van der Waals surface area contributed by atoms with Crippen LogP contribution in [0.4, 0.5) is 0 Å². The van der Waals surface area contributed by atoms with Gasteiger partial charge >= 0.3 is 0 Å². The molecule has 1 aromatic carbocycles. The van der Waals surface area contributed by atoms with E-state index in [1.54, 1.807) is 12.3 Å². The van der Waals surface area contributed by atoms with E-state index in [9.17, 15) is 4.79 Å². The average molecular weight is 373 g/mol. The third kappa shape index (κ3) is 4.42. The van der Waals surface area contributed by atoms with Crippen molar-refractivity contribution in [2.75, 3.05) is 13.1 Å². The molecular formula is C18H17BrN2O2. The summed E-state index contributed by atoms with van der Waals surface area (Å²) in [6.07, 6.45) is 5.98. The van der Waals surface area contributed by atoms with Gasteiger partial charge in [0.2, 0.25) is 11.8 Å². The molecule has 0 saturated carbocycles. The third-order valence-corrected chi connectivity index (χ3v) is 4.13. The second-order valence-corrected chi connectivity index (χ2v) is 6.29. The van der Waals surface area contributed by atoms with E-state index in [0.717, 1.165) is 16.5 Å². The second kappa shape index (κ2) is 7.42. The predicted molar refractivity (Wildman–Crippen MR) is 93.0 cm³/mol. The van der Waals surface area contributed by atoms with E-state index in [1.165, 1.54) is 0 Å². The van der Waals surface area contributed by atoms with Crippen LogP contribution < -0.4 is 4.74 Å². The number of halogens is 1. The highest BCUT2D eigenvalue weighted by Gasteiger charge is 2.26. The molecule has 1 aliphatic heterocycles. The van der Waals surface area contributed by atoms with Gasteiger partial charge in [0.1, 0.15) is 6.10 Å². The van der Waals surface area contributed by atoms with Gasteiger partial charge in [0.25, 0.3) is 0 Å². The largest absolute Gasteiger partial charge is 0.472 e. The summed E-state index contributed by atoms with van der Waals surface area (Å²) in [5, 5.41) is 0. The number of pyridine rings is 1. The Labute approximate surface area is 143 Å². The Morgan fingerprint density at radius 2 is 2.09 bits per heavy atom. The lowest BCUT2D eigenvalue weighted by molar-refractivity contribution is -0.125. The summed E-state index contributed by atoms with van der Waals surface area (Å²) in [5.74, 6) is 0.607. The van der Waals surface area contributed by atoms with Crippen molar-refractivity contribution in [3.63, 3.8) is 0 Å². The van der Waals surface area contributed by atoms with Crippen molar-refractivity contribution in [3.05, 3.63) is 64.8 Å². The molecule has 3 rings (SSSR count). The summed E-state index contributed by atoms with van der Waals surface area (Å²) in [6, 6.07) is 13.5. The van der Waals surface area contributed by atoms with Gasteiger partial charge in [-0.05, 0) is 33.6 Å².